The maximum absolute atomic E-state index is 12.8. The van der Waals surface area contributed by atoms with Crippen molar-refractivity contribution >= 4 is 17.3 Å². The lowest BCUT2D eigenvalue weighted by Crippen LogP contribution is -2.36. The van der Waals surface area contributed by atoms with E-state index in [1.165, 1.54) is 0 Å². The van der Waals surface area contributed by atoms with Crippen molar-refractivity contribution in [1.82, 2.24) is 0 Å². The average Bonchev–Trinajstić information content (AvgIpc) is 2.76. The molecule has 4 rings (SSSR count). The average molecular weight is 372 g/mol. The molecule has 0 aliphatic carbocycles. The molecule has 0 unspecified atom stereocenters. The molecule has 0 atom stereocenters. The fraction of sp³-hybridized carbons (Fsp3) is 0.208. The molecule has 1 N–H and O–H groups in total. The SMILES string of the molecule is Cc1ccc(C(=O)Nc2ccc(N3CCOCC3)cc2)cc1-c1ccccc1. The van der Waals surface area contributed by atoms with Crippen LogP contribution in [0.4, 0.5) is 11.4 Å². The van der Waals surface area contributed by atoms with E-state index in [2.05, 4.69) is 29.3 Å². The van der Waals surface area contributed by atoms with E-state index in [-0.39, 0.29) is 5.91 Å². The normalized spacial score (nSPS) is 14.0. The molecule has 28 heavy (non-hydrogen) atoms. The zero-order valence-corrected chi connectivity index (χ0v) is 16.0. The summed E-state index contributed by atoms with van der Waals surface area (Å²) in [5.41, 5.74) is 5.95. The van der Waals surface area contributed by atoms with Crippen molar-refractivity contribution < 1.29 is 9.53 Å². The van der Waals surface area contributed by atoms with Gasteiger partial charge < -0.3 is 15.0 Å². The summed E-state index contributed by atoms with van der Waals surface area (Å²) in [4.78, 5) is 15.1. The minimum absolute atomic E-state index is 0.101. The maximum atomic E-state index is 12.8. The first-order valence-electron chi connectivity index (χ1n) is 9.61. The number of nitrogens with zero attached hydrogens (tertiary/aromatic N) is 1. The van der Waals surface area contributed by atoms with Gasteiger partial charge in [0.15, 0.2) is 0 Å². The number of benzene rings is 3. The smallest absolute Gasteiger partial charge is 0.255 e. The Morgan fingerprint density at radius 2 is 1.64 bits per heavy atom. The highest BCUT2D eigenvalue weighted by Crippen LogP contribution is 2.25. The Labute approximate surface area is 165 Å². The number of aryl methyl sites for hydroxylation is 1. The van der Waals surface area contributed by atoms with Crippen molar-refractivity contribution in [1.29, 1.82) is 0 Å². The van der Waals surface area contributed by atoms with E-state index in [1.54, 1.807) is 0 Å². The topological polar surface area (TPSA) is 41.6 Å². The standard InChI is InChI=1S/C24H24N2O2/c1-18-7-8-20(17-23(18)19-5-3-2-4-6-19)24(27)25-21-9-11-22(12-10-21)26-13-15-28-16-14-26/h2-12,17H,13-16H2,1H3,(H,25,27). The number of amides is 1. The Kier molecular flexibility index (Phi) is 5.40. The minimum atomic E-state index is -0.101. The van der Waals surface area contributed by atoms with Crippen LogP contribution in [0, 0.1) is 6.92 Å². The minimum Gasteiger partial charge on any atom is -0.378 e. The van der Waals surface area contributed by atoms with Crippen LogP contribution in [0.5, 0.6) is 0 Å². The number of hydrogen-bond acceptors (Lipinski definition) is 3. The summed E-state index contributed by atoms with van der Waals surface area (Å²) in [5, 5.41) is 3.00. The molecule has 4 nitrogen and oxygen atoms in total. The molecular formula is C24H24N2O2. The van der Waals surface area contributed by atoms with Crippen molar-refractivity contribution in [3.05, 3.63) is 83.9 Å². The molecule has 3 aromatic carbocycles. The van der Waals surface area contributed by atoms with Crippen molar-refractivity contribution in [2.45, 2.75) is 6.92 Å². The first kappa shape index (κ1) is 18.3. The van der Waals surface area contributed by atoms with E-state index in [0.29, 0.717) is 5.56 Å². The quantitative estimate of drug-likeness (QED) is 0.718. The summed E-state index contributed by atoms with van der Waals surface area (Å²) in [7, 11) is 0. The van der Waals surface area contributed by atoms with Gasteiger partial charge in [-0.2, -0.15) is 0 Å². The summed E-state index contributed by atoms with van der Waals surface area (Å²) in [5.74, 6) is -0.101. The first-order valence-corrected chi connectivity index (χ1v) is 9.61. The van der Waals surface area contributed by atoms with Crippen LogP contribution >= 0.6 is 0 Å². The number of anilines is 2. The van der Waals surface area contributed by atoms with Crippen molar-refractivity contribution in [2.24, 2.45) is 0 Å². The zero-order valence-electron chi connectivity index (χ0n) is 16.0. The summed E-state index contributed by atoms with van der Waals surface area (Å²) >= 11 is 0. The summed E-state index contributed by atoms with van der Waals surface area (Å²) in [6, 6.07) is 24.0. The van der Waals surface area contributed by atoms with Crippen LogP contribution < -0.4 is 10.2 Å². The molecule has 4 heteroatoms. The molecule has 0 spiro atoms. The number of ether oxygens (including phenoxy) is 1. The lowest BCUT2D eigenvalue weighted by Gasteiger charge is -2.28. The summed E-state index contributed by atoms with van der Waals surface area (Å²) in [6.45, 7) is 5.38. The predicted molar refractivity (Wildman–Crippen MR) is 114 cm³/mol. The van der Waals surface area contributed by atoms with Crippen LogP contribution in [0.3, 0.4) is 0 Å². The molecule has 0 radical (unpaired) electrons. The number of rotatable bonds is 4. The van der Waals surface area contributed by atoms with Gasteiger partial charge >= 0.3 is 0 Å². The third-order valence-corrected chi connectivity index (χ3v) is 5.09. The maximum Gasteiger partial charge on any atom is 0.255 e. The Balaban J connectivity index is 1.49. The molecule has 3 aromatic rings. The fourth-order valence-corrected chi connectivity index (χ4v) is 3.47. The highest BCUT2D eigenvalue weighted by molar-refractivity contribution is 6.05. The Morgan fingerprint density at radius 3 is 2.36 bits per heavy atom. The van der Waals surface area contributed by atoms with E-state index in [4.69, 9.17) is 4.74 Å². The molecule has 1 aliphatic rings. The van der Waals surface area contributed by atoms with Crippen LogP contribution in [-0.2, 0) is 4.74 Å². The Bertz CT molecular complexity index is 946. The molecule has 0 aromatic heterocycles. The van der Waals surface area contributed by atoms with Gasteiger partial charge in [0.2, 0.25) is 0 Å². The van der Waals surface area contributed by atoms with Crippen molar-refractivity contribution in [2.75, 3.05) is 36.5 Å². The molecule has 0 bridgehead atoms. The van der Waals surface area contributed by atoms with E-state index in [0.717, 1.165) is 54.4 Å². The molecule has 1 aliphatic heterocycles. The molecule has 1 heterocycles. The highest BCUT2D eigenvalue weighted by atomic mass is 16.5. The van der Waals surface area contributed by atoms with E-state index >= 15 is 0 Å². The third-order valence-electron chi connectivity index (χ3n) is 5.09. The van der Waals surface area contributed by atoms with Crippen LogP contribution in [0.15, 0.2) is 72.8 Å². The van der Waals surface area contributed by atoms with Gasteiger partial charge in [0, 0.05) is 30.0 Å². The Morgan fingerprint density at radius 1 is 0.929 bits per heavy atom. The van der Waals surface area contributed by atoms with Gasteiger partial charge in [-0.3, -0.25) is 4.79 Å². The number of carbonyl (C=O) groups excluding carboxylic acids is 1. The van der Waals surface area contributed by atoms with Crippen LogP contribution in [0.25, 0.3) is 11.1 Å². The molecule has 1 fully saturated rings. The number of morpholine rings is 1. The van der Waals surface area contributed by atoms with Crippen molar-refractivity contribution in [3.63, 3.8) is 0 Å². The predicted octanol–water partition coefficient (Wildman–Crippen LogP) is 4.75. The second-order valence-electron chi connectivity index (χ2n) is 7.00. The fourth-order valence-electron chi connectivity index (χ4n) is 3.47. The largest absolute Gasteiger partial charge is 0.378 e. The van der Waals surface area contributed by atoms with Crippen LogP contribution in [-0.4, -0.2) is 32.2 Å². The second-order valence-corrected chi connectivity index (χ2v) is 7.00. The molecule has 0 saturated carbocycles. The van der Waals surface area contributed by atoms with Gasteiger partial charge in [-0.25, -0.2) is 0 Å². The number of carbonyl (C=O) groups is 1. The van der Waals surface area contributed by atoms with Gasteiger partial charge in [-0.15, -0.1) is 0 Å². The summed E-state index contributed by atoms with van der Waals surface area (Å²) in [6.07, 6.45) is 0. The van der Waals surface area contributed by atoms with Gasteiger partial charge in [0.1, 0.15) is 0 Å². The van der Waals surface area contributed by atoms with Gasteiger partial charge in [0.25, 0.3) is 5.91 Å². The second kappa shape index (κ2) is 8.28. The van der Waals surface area contributed by atoms with Crippen LogP contribution in [0.2, 0.25) is 0 Å². The highest BCUT2D eigenvalue weighted by Gasteiger charge is 2.12. The van der Waals surface area contributed by atoms with E-state index in [9.17, 15) is 4.79 Å². The molecule has 142 valence electrons. The van der Waals surface area contributed by atoms with Crippen LogP contribution in [0.1, 0.15) is 15.9 Å². The molecular weight excluding hydrogens is 348 g/mol. The molecule has 1 amide bonds. The Hall–Kier alpha value is -3.11. The van der Waals surface area contributed by atoms with Gasteiger partial charge in [-0.1, -0.05) is 36.4 Å². The molecule has 1 saturated heterocycles. The monoisotopic (exact) mass is 372 g/mol. The first-order chi connectivity index (χ1) is 13.7. The van der Waals surface area contributed by atoms with E-state index in [1.807, 2.05) is 60.7 Å². The van der Waals surface area contributed by atoms with E-state index < -0.39 is 0 Å². The van der Waals surface area contributed by atoms with Gasteiger partial charge in [0.05, 0.1) is 13.2 Å². The van der Waals surface area contributed by atoms with Gasteiger partial charge in [-0.05, 0) is 60.0 Å². The number of nitrogens with one attached hydrogen (secondary N) is 1. The lowest BCUT2D eigenvalue weighted by molar-refractivity contribution is 0.102. The third kappa shape index (κ3) is 4.07. The number of hydrogen-bond donors (Lipinski definition) is 1. The summed E-state index contributed by atoms with van der Waals surface area (Å²) < 4.78 is 5.40. The zero-order chi connectivity index (χ0) is 19.3. The van der Waals surface area contributed by atoms with Crippen molar-refractivity contribution in [3.8, 4) is 11.1 Å². The lowest BCUT2D eigenvalue weighted by atomic mass is 9.98.